The molecule has 0 spiro atoms. The Labute approximate surface area is 102 Å². The normalized spacial score (nSPS) is 12.4. The molecule has 1 unspecified atom stereocenters. The lowest BCUT2D eigenvalue weighted by Gasteiger charge is -2.18. The van der Waals surface area contributed by atoms with Crippen molar-refractivity contribution in [3.8, 4) is 5.75 Å². The number of hydrogen-bond acceptors (Lipinski definition) is 4. The van der Waals surface area contributed by atoms with Crippen LogP contribution < -0.4 is 10.1 Å². The summed E-state index contributed by atoms with van der Waals surface area (Å²) in [4.78, 5) is 0. The standard InChI is InChI=1S/C13H21NO3/c1-8-5-12(17-4)9(2)10(3)13(8)14-6-11(16)7-15/h5,11,14-16H,6-7H2,1-4H3. The molecule has 1 aromatic carbocycles. The summed E-state index contributed by atoms with van der Waals surface area (Å²) in [5.74, 6) is 0.869. The summed E-state index contributed by atoms with van der Waals surface area (Å²) < 4.78 is 5.29. The summed E-state index contributed by atoms with van der Waals surface area (Å²) in [5, 5.41) is 21.3. The Hall–Kier alpha value is -1.26. The van der Waals surface area contributed by atoms with E-state index in [1.165, 1.54) is 0 Å². The molecule has 0 aliphatic carbocycles. The van der Waals surface area contributed by atoms with Crippen LogP contribution in [0.15, 0.2) is 6.07 Å². The minimum absolute atomic E-state index is 0.236. The van der Waals surface area contributed by atoms with E-state index >= 15 is 0 Å². The second-order valence-corrected chi connectivity index (χ2v) is 4.24. The molecule has 0 heterocycles. The third-order valence-corrected chi connectivity index (χ3v) is 2.99. The van der Waals surface area contributed by atoms with Gasteiger partial charge in [0.1, 0.15) is 5.75 Å². The van der Waals surface area contributed by atoms with Crippen LogP contribution >= 0.6 is 0 Å². The lowest BCUT2D eigenvalue weighted by atomic mass is 10.0. The molecular weight excluding hydrogens is 218 g/mol. The van der Waals surface area contributed by atoms with Crippen LogP contribution in [-0.2, 0) is 0 Å². The molecule has 0 saturated carbocycles. The van der Waals surface area contributed by atoms with Crippen LogP contribution in [-0.4, -0.2) is 36.6 Å². The van der Waals surface area contributed by atoms with E-state index < -0.39 is 6.10 Å². The van der Waals surface area contributed by atoms with Gasteiger partial charge in [0.25, 0.3) is 0 Å². The van der Waals surface area contributed by atoms with Gasteiger partial charge in [-0.3, -0.25) is 0 Å². The molecule has 3 N–H and O–H groups in total. The number of methoxy groups -OCH3 is 1. The maximum atomic E-state index is 9.33. The van der Waals surface area contributed by atoms with Crippen molar-refractivity contribution in [3.05, 3.63) is 22.8 Å². The molecule has 0 aliphatic heterocycles. The number of aliphatic hydroxyl groups is 2. The average Bonchev–Trinajstić information content (AvgIpc) is 2.33. The van der Waals surface area contributed by atoms with E-state index in [9.17, 15) is 5.11 Å². The Morgan fingerprint density at radius 2 is 1.94 bits per heavy atom. The summed E-state index contributed by atoms with van der Waals surface area (Å²) in [5.41, 5.74) is 4.25. The molecular formula is C13H21NO3. The Morgan fingerprint density at radius 1 is 1.29 bits per heavy atom. The smallest absolute Gasteiger partial charge is 0.122 e. The van der Waals surface area contributed by atoms with Crippen molar-refractivity contribution < 1.29 is 14.9 Å². The largest absolute Gasteiger partial charge is 0.496 e. The van der Waals surface area contributed by atoms with Crippen LogP contribution in [0.2, 0.25) is 0 Å². The van der Waals surface area contributed by atoms with E-state index in [0.29, 0.717) is 6.54 Å². The molecule has 0 amide bonds. The minimum Gasteiger partial charge on any atom is -0.496 e. The fraction of sp³-hybridized carbons (Fsp3) is 0.538. The van der Waals surface area contributed by atoms with Crippen LogP contribution in [0, 0.1) is 20.8 Å². The molecule has 4 heteroatoms. The van der Waals surface area contributed by atoms with Crippen molar-refractivity contribution in [3.63, 3.8) is 0 Å². The number of ether oxygens (including phenoxy) is 1. The van der Waals surface area contributed by atoms with E-state index in [-0.39, 0.29) is 6.61 Å². The number of aryl methyl sites for hydroxylation is 1. The van der Waals surface area contributed by atoms with Crippen molar-refractivity contribution in [2.75, 3.05) is 25.6 Å². The van der Waals surface area contributed by atoms with Crippen LogP contribution in [0.5, 0.6) is 5.75 Å². The number of nitrogens with one attached hydrogen (secondary N) is 1. The predicted octanol–water partition coefficient (Wildman–Crippen LogP) is 1.39. The molecule has 96 valence electrons. The van der Waals surface area contributed by atoms with Gasteiger partial charge in [-0.2, -0.15) is 0 Å². The lowest BCUT2D eigenvalue weighted by Crippen LogP contribution is -2.23. The highest BCUT2D eigenvalue weighted by atomic mass is 16.5. The topological polar surface area (TPSA) is 61.7 Å². The predicted molar refractivity (Wildman–Crippen MR) is 68.8 cm³/mol. The van der Waals surface area contributed by atoms with E-state index in [2.05, 4.69) is 5.32 Å². The van der Waals surface area contributed by atoms with Gasteiger partial charge >= 0.3 is 0 Å². The molecule has 1 atom stereocenters. The van der Waals surface area contributed by atoms with Gasteiger partial charge in [-0.05, 0) is 43.5 Å². The van der Waals surface area contributed by atoms with Crippen molar-refractivity contribution in [2.45, 2.75) is 26.9 Å². The van der Waals surface area contributed by atoms with Gasteiger partial charge in [-0.15, -0.1) is 0 Å². The van der Waals surface area contributed by atoms with Gasteiger partial charge < -0.3 is 20.3 Å². The molecule has 0 saturated heterocycles. The minimum atomic E-state index is -0.740. The van der Waals surface area contributed by atoms with Gasteiger partial charge in [0, 0.05) is 12.2 Å². The van der Waals surface area contributed by atoms with Crippen LogP contribution in [0.4, 0.5) is 5.69 Å². The molecule has 17 heavy (non-hydrogen) atoms. The summed E-state index contributed by atoms with van der Waals surface area (Å²) in [6, 6.07) is 1.97. The molecule has 0 aromatic heterocycles. The van der Waals surface area contributed by atoms with Crippen molar-refractivity contribution >= 4 is 5.69 Å². The zero-order valence-corrected chi connectivity index (χ0v) is 10.9. The Bertz CT molecular complexity index is 391. The zero-order valence-electron chi connectivity index (χ0n) is 10.9. The summed E-state index contributed by atoms with van der Waals surface area (Å²) in [6.45, 7) is 6.10. The molecule has 0 radical (unpaired) electrons. The molecule has 0 fully saturated rings. The van der Waals surface area contributed by atoms with Crippen LogP contribution in [0.1, 0.15) is 16.7 Å². The molecule has 0 aliphatic rings. The molecule has 1 rings (SSSR count). The lowest BCUT2D eigenvalue weighted by molar-refractivity contribution is 0.105. The first-order chi connectivity index (χ1) is 8.01. The van der Waals surface area contributed by atoms with Gasteiger partial charge in [-0.1, -0.05) is 0 Å². The van der Waals surface area contributed by atoms with Crippen LogP contribution in [0.25, 0.3) is 0 Å². The SMILES string of the molecule is COc1cc(C)c(NCC(O)CO)c(C)c1C. The number of benzene rings is 1. The van der Waals surface area contributed by atoms with E-state index in [1.807, 2.05) is 26.8 Å². The first-order valence-electron chi connectivity index (χ1n) is 5.68. The van der Waals surface area contributed by atoms with E-state index in [1.54, 1.807) is 7.11 Å². The third kappa shape index (κ3) is 3.11. The maximum absolute atomic E-state index is 9.33. The van der Waals surface area contributed by atoms with Gasteiger partial charge in [0.05, 0.1) is 19.8 Å². The van der Waals surface area contributed by atoms with Crippen molar-refractivity contribution in [2.24, 2.45) is 0 Å². The second-order valence-electron chi connectivity index (χ2n) is 4.24. The molecule has 1 aromatic rings. The third-order valence-electron chi connectivity index (χ3n) is 2.99. The molecule has 4 nitrogen and oxygen atoms in total. The zero-order chi connectivity index (χ0) is 13.0. The summed E-state index contributed by atoms with van der Waals surface area (Å²) in [7, 11) is 1.66. The Balaban J connectivity index is 2.96. The van der Waals surface area contributed by atoms with E-state index in [4.69, 9.17) is 9.84 Å². The average molecular weight is 239 g/mol. The first-order valence-corrected chi connectivity index (χ1v) is 5.68. The molecule has 0 bridgehead atoms. The Kier molecular flexibility index (Phi) is 4.78. The van der Waals surface area contributed by atoms with Gasteiger partial charge in [0.2, 0.25) is 0 Å². The fourth-order valence-electron chi connectivity index (χ4n) is 1.81. The van der Waals surface area contributed by atoms with Crippen LogP contribution in [0.3, 0.4) is 0 Å². The fourth-order valence-corrected chi connectivity index (χ4v) is 1.81. The number of hydrogen-bond donors (Lipinski definition) is 3. The van der Waals surface area contributed by atoms with E-state index in [0.717, 1.165) is 28.1 Å². The number of anilines is 1. The van der Waals surface area contributed by atoms with Gasteiger partial charge in [-0.25, -0.2) is 0 Å². The highest BCUT2D eigenvalue weighted by Crippen LogP contribution is 2.30. The van der Waals surface area contributed by atoms with Crippen molar-refractivity contribution in [1.29, 1.82) is 0 Å². The maximum Gasteiger partial charge on any atom is 0.122 e. The highest BCUT2D eigenvalue weighted by molar-refractivity contribution is 5.63. The summed E-state index contributed by atoms with van der Waals surface area (Å²) >= 11 is 0. The van der Waals surface area contributed by atoms with Crippen molar-refractivity contribution in [1.82, 2.24) is 0 Å². The number of rotatable bonds is 5. The Morgan fingerprint density at radius 3 is 2.47 bits per heavy atom. The monoisotopic (exact) mass is 239 g/mol. The quantitative estimate of drug-likeness (QED) is 0.726. The summed E-state index contributed by atoms with van der Waals surface area (Å²) in [6.07, 6.45) is -0.740. The first kappa shape index (κ1) is 13.8. The second kappa shape index (κ2) is 5.89. The van der Waals surface area contributed by atoms with Gasteiger partial charge in [0.15, 0.2) is 0 Å². The number of aliphatic hydroxyl groups excluding tert-OH is 2. The highest BCUT2D eigenvalue weighted by Gasteiger charge is 2.11.